The molecule has 1 aromatic heterocycles. The first-order chi connectivity index (χ1) is 8.29. The molecule has 0 spiro atoms. The molecule has 0 radical (unpaired) electrons. The lowest BCUT2D eigenvalue weighted by atomic mass is 10.3. The topological polar surface area (TPSA) is 53.8 Å². The molecule has 88 valence electrons. The molecule has 1 fully saturated rings. The van der Waals surface area contributed by atoms with Gasteiger partial charge in [-0.1, -0.05) is 23.9 Å². The standard InChI is InChI=1S/C11H11N3OS2/c1-2-4-9-10(15)13-11(17-9)14-12-7-8-5-3-6-16-8/h2-3,5-7,9H,1,4H2,(H,13,14,15)/b12-7-. The predicted octanol–water partition coefficient (Wildman–Crippen LogP) is 2.25. The second-order valence-corrected chi connectivity index (χ2v) is 5.46. The molecule has 0 saturated carbocycles. The zero-order chi connectivity index (χ0) is 12.1. The van der Waals surface area contributed by atoms with Crippen molar-refractivity contribution < 1.29 is 4.79 Å². The summed E-state index contributed by atoms with van der Waals surface area (Å²) in [4.78, 5) is 12.5. The van der Waals surface area contributed by atoms with E-state index in [4.69, 9.17) is 0 Å². The zero-order valence-corrected chi connectivity index (χ0v) is 10.6. The summed E-state index contributed by atoms with van der Waals surface area (Å²) < 4.78 is 0. The van der Waals surface area contributed by atoms with E-state index in [-0.39, 0.29) is 11.2 Å². The van der Waals surface area contributed by atoms with E-state index in [1.165, 1.54) is 11.8 Å². The maximum atomic E-state index is 11.5. The van der Waals surface area contributed by atoms with Crippen LogP contribution in [0.15, 0.2) is 40.4 Å². The highest BCUT2D eigenvalue weighted by atomic mass is 32.2. The van der Waals surface area contributed by atoms with Crippen LogP contribution >= 0.6 is 23.1 Å². The quantitative estimate of drug-likeness (QED) is 0.516. The van der Waals surface area contributed by atoms with Gasteiger partial charge in [-0.25, -0.2) is 0 Å². The van der Waals surface area contributed by atoms with Crippen molar-refractivity contribution in [1.29, 1.82) is 0 Å². The highest BCUT2D eigenvalue weighted by Crippen LogP contribution is 2.22. The molecule has 0 bridgehead atoms. The maximum absolute atomic E-state index is 11.5. The fourth-order valence-corrected chi connectivity index (χ4v) is 2.76. The van der Waals surface area contributed by atoms with Crippen LogP contribution in [-0.4, -0.2) is 22.5 Å². The fraction of sp³-hybridized carbons (Fsp3) is 0.182. The molecular formula is C11H11N3OS2. The van der Waals surface area contributed by atoms with Gasteiger partial charge in [0.05, 0.1) is 11.5 Å². The van der Waals surface area contributed by atoms with E-state index in [0.29, 0.717) is 11.6 Å². The third-order valence-electron chi connectivity index (χ3n) is 2.03. The van der Waals surface area contributed by atoms with E-state index in [1.54, 1.807) is 23.6 Å². The first kappa shape index (κ1) is 12.1. The zero-order valence-electron chi connectivity index (χ0n) is 9.00. The van der Waals surface area contributed by atoms with Crippen LogP contribution in [0.25, 0.3) is 0 Å². The highest BCUT2D eigenvalue weighted by molar-refractivity contribution is 8.15. The normalized spacial score (nSPS) is 22.2. The van der Waals surface area contributed by atoms with Crippen LogP contribution < -0.4 is 5.32 Å². The summed E-state index contributed by atoms with van der Waals surface area (Å²) >= 11 is 2.98. The molecule has 17 heavy (non-hydrogen) atoms. The molecule has 0 aliphatic carbocycles. The third kappa shape index (κ3) is 3.28. The second-order valence-electron chi connectivity index (χ2n) is 3.29. The lowest BCUT2D eigenvalue weighted by Crippen LogP contribution is -2.24. The number of rotatable bonds is 4. The summed E-state index contributed by atoms with van der Waals surface area (Å²) in [7, 11) is 0. The van der Waals surface area contributed by atoms with Gasteiger partial charge in [-0.2, -0.15) is 5.10 Å². The van der Waals surface area contributed by atoms with Crippen LogP contribution in [-0.2, 0) is 4.79 Å². The number of nitrogens with one attached hydrogen (secondary N) is 1. The summed E-state index contributed by atoms with van der Waals surface area (Å²) in [6, 6.07) is 3.90. The number of hydrogen-bond donors (Lipinski definition) is 1. The fourth-order valence-electron chi connectivity index (χ4n) is 1.26. The van der Waals surface area contributed by atoms with Gasteiger partial charge >= 0.3 is 0 Å². The van der Waals surface area contributed by atoms with Gasteiger partial charge in [-0.05, 0) is 17.9 Å². The minimum absolute atomic E-state index is 0.0278. The molecule has 1 unspecified atom stereocenters. The first-order valence-corrected chi connectivity index (χ1v) is 6.78. The number of carbonyl (C=O) groups is 1. The molecule has 6 heteroatoms. The van der Waals surface area contributed by atoms with Crippen LogP contribution in [0.5, 0.6) is 0 Å². The van der Waals surface area contributed by atoms with E-state index >= 15 is 0 Å². The van der Waals surface area contributed by atoms with Crippen molar-refractivity contribution in [1.82, 2.24) is 5.32 Å². The summed E-state index contributed by atoms with van der Waals surface area (Å²) in [5.74, 6) is -0.0278. The summed E-state index contributed by atoms with van der Waals surface area (Å²) in [6.07, 6.45) is 4.05. The average molecular weight is 265 g/mol. The van der Waals surface area contributed by atoms with Crippen LogP contribution in [0.1, 0.15) is 11.3 Å². The van der Waals surface area contributed by atoms with Gasteiger partial charge in [0.25, 0.3) is 0 Å². The molecule has 1 aromatic rings. The second kappa shape index (κ2) is 5.79. The van der Waals surface area contributed by atoms with Crippen molar-refractivity contribution in [3.8, 4) is 0 Å². The molecule has 1 amide bonds. The smallest absolute Gasteiger partial charge is 0.239 e. The van der Waals surface area contributed by atoms with Crippen LogP contribution in [0.3, 0.4) is 0 Å². The Balaban J connectivity index is 1.95. The molecule has 2 heterocycles. The van der Waals surface area contributed by atoms with Gasteiger partial charge in [0, 0.05) is 4.88 Å². The van der Waals surface area contributed by atoms with E-state index in [1.807, 2.05) is 17.5 Å². The Morgan fingerprint density at radius 2 is 2.47 bits per heavy atom. The number of thiophene rings is 1. The summed E-state index contributed by atoms with van der Waals surface area (Å²) in [5.41, 5.74) is 0. The molecule has 0 aromatic carbocycles. The molecule has 1 atom stereocenters. The Kier molecular flexibility index (Phi) is 4.11. The predicted molar refractivity (Wildman–Crippen MR) is 73.7 cm³/mol. The Bertz CT molecular complexity index is 465. The minimum atomic E-state index is -0.122. The summed E-state index contributed by atoms with van der Waals surface area (Å²) in [5, 5.41) is 13.0. The number of nitrogens with zero attached hydrogens (tertiary/aromatic N) is 2. The Morgan fingerprint density at radius 1 is 1.59 bits per heavy atom. The number of thioether (sulfide) groups is 1. The lowest BCUT2D eigenvalue weighted by Gasteiger charge is -1.96. The van der Waals surface area contributed by atoms with Crippen molar-refractivity contribution in [2.45, 2.75) is 11.7 Å². The number of amides is 1. The van der Waals surface area contributed by atoms with Gasteiger partial charge in [-0.15, -0.1) is 23.0 Å². The maximum Gasteiger partial charge on any atom is 0.239 e. The number of carbonyl (C=O) groups excluding carboxylic acids is 1. The van der Waals surface area contributed by atoms with Crippen molar-refractivity contribution in [3.05, 3.63) is 35.0 Å². The van der Waals surface area contributed by atoms with Crippen molar-refractivity contribution in [3.63, 3.8) is 0 Å². The van der Waals surface area contributed by atoms with E-state index in [2.05, 4.69) is 22.1 Å². The Hall–Kier alpha value is -1.40. The summed E-state index contributed by atoms with van der Waals surface area (Å²) in [6.45, 7) is 3.62. The van der Waals surface area contributed by atoms with Crippen molar-refractivity contribution in [2.24, 2.45) is 10.2 Å². The molecule has 1 aliphatic rings. The van der Waals surface area contributed by atoms with Crippen LogP contribution in [0, 0.1) is 0 Å². The van der Waals surface area contributed by atoms with Crippen LogP contribution in [0.2, 0.25) is 0 Å². The SMILES string of the molecule is C=CCC1S/C(=N\N=C/c2cccs2)NC1=O. The average Bonchev–Trinajstić information content (AvgIpc) is 2.91. The molecule has 1 N–H and O–H groups in total. The van der Waals surface area contributed by atoms with Crippen molar-refractivity contribution in [2.75, 3.05) is 0 Å². The molecule has 1 aliphatic heterocycles. The number of amidine groups is 1. The van der Waals surface area contributed by atoms with E-state index < -0.39 is 0 Å². The molecule has 2 rings (SSSR count). The van der Waals surface area contributed by atoms with Crippen molar-refractivity contribution >= 4 is 40.4 Å². The van der Waals surface area contributed by atoms with E-state index in [9.17, 15) is 4.79 Å². The molecular weight excluding hydrogens is 254 g/mol. The van der Waals surface area contributed by atoms with Gasteiger partial charge in [-0.3, -0.25) is 4.79 Å². The van der Waals surface area contributed by atoms with Crippen LogP contribution in [0.4, 0.5) is 0 Å². The number of hydrogen-bond acceptors (Lipinski definition) is 5. The third-order valence-corrected chi connectivity index (χ3v) is 3.94. The van der Waals surface area contributed by atoms with Gasteiger partial charge in [0.2, 0.25) is 5.91 Å². The largest absolute Gasteiger partial charge is 0.303 e. The molecule has 4 nitrogen and oxygen atoms in total. The van der Waals surface area contributed by atoms with Gasteiger partial charge in [0.1, 0.15) is 0 Å². The van der Waals surface area contributed by atoms with Gasteiger partial charge in [0.15, 0.2) is 5.17 Å². The Labute approximate surface area is 108 Å². The Morgan fingerprint density at radius 3 is 3.18 bits per heavy atom. The van der Waals surface area contributed by atoms with Gasteiger partial charge < -0.3 is 5.32 Å². The minimum Gasteiger partial charge on any atom is -0.303 e. The molecule has 1 saturated heterocycles. The number of allylic oxidation sites excluding steroid dienone is 1. The lowest BCUT2D eigenvalue weighted by molar-refractivity contribution is -0.118. The monoisotopic (exact) mass is 265 g/mol. The first-order valence-electron chi connectivity index (χ1n) is 5.02. The van der Waals surface area contributed by atoms with E-state index in [0.717, 1.165) is 4.88 Å². The highest BCUT2D eigenvalue weighted by Gasteiger charge is 2.28.